The molecular weight excluding hydrogens is 368 g/mol. The number of ether oxygens (including phenoxy) is 2. The summed E-state index contributed by atoms with van der Waals surface area (Å²) in [6.07, 6.45) is -0.985. The number of anilines is 2. The molecule has 0 aliphatic carbocycles. The Balaban J connectivity index is 2.09. The van der Waals surface area contributed by atoms with Crippen LogP contribution in [0.4, 0.5) is 11.4 Å². The number of aryl methyl sites for hydroxylation is 1. The number of hydrogen-bond acceptors (Lipinski definition) is 5. The van der Waals surface area contributed by atoms with Crippen molar-refractivity contribution in [3.63, 3.8) is 0 Å². The Morgan fingerprint density at radius 2 is 1.89 bits per heavy atom. The molecule has 0 saturated heterocycles. The molecule has 1 amide bonds. The lowest BCUT2D eigenvalue weighted by Crippen LogP contribution is -2.30. The predicted octanol–water partition coefficient (Wildman–Crippen LogP) is 3.91. The number of methoxy groups -OCH3 is 1. The number of amides is 1. The molecule has 144 valence electrons. The van der Waals surface area contributed by atoms with Gasteiger partial charge in [0, 0.05) is 30.9 Å². The molecule has 0 spiro atoms. The predicted molar refractivity (Wildman–Crippen MR) is 107 cm³/mol. The number of carbonyl (C=O) groups is 2. The third-order valence-electron chi connectivity index (χ3n) is 3.99. The monoisotopic (exact) mass is 390 g/mol. The fourth-order valence-corrected chi connectivity index (χ4v) is 2.51. The van der Waals surface area contributed by atoms with Gasteiger partial charge in [-0.25, -0.2) is 4.79 Å². The molecule has 2 aromatic carbocycles. The molecule has 0 radical (unpaired) electrons. The van der Waals surface area contributed by atoms with Crippen molar-refractivity contribution >= 4 is 34.9 Å². The maximum atomic E-state index is 12.4. The molecular formula is C20H23ClN2O4. The van der Waals surface area contributed by atoms with Crippen LogP contribution in [-0.2, 0) is 9.53 Å². The van der Waals surface area contributed by atoms with Crippen molar-refractivity contribution in [1.29, 1.82) is 0 Å². The van der Waals surface area contributed by atoms with Gasteiger partial charge in [-0.05, 0) is 43.7 Å². The summed E-state index contributed by atoms with van der Waals surface area (Å²) >= 11 is 6.07. The van der Waals surface area contributed by atoms with Crippen LogP contribution in [0.25, 0.3) is 0 Å². The molecule has 2 aromatic rings. The van der Waals surface area contributed by atoms with Crippen LogP contribution in [0.5, 0.6) is 5.75 Å². The molecule has 27 heavy (non-hydrogen) atoms. The summed E-state index contributed by atoms with van der Waals surface area (Å²) in [7, 11) is 5.24. The lowest BCUT2D eigenvalue weighted by molar-refractivity contribution is -0.123. The zero-order chi connectivity index (χ0) is 20.1. The normalized spacial score (nSPS) is 11.5. The minimum absolute atomic E-state index is 0.376. The van der Waals surface area contributed by atoms with Crippen LogP contribution in [0.1, 0.15) is 22.8 Å². The highest BCUT2D eigenvalue weighted by atomic mass is 35.5. The Labute approximate surface area is 164 Å². The Morgan fingerprint density at radius 3 is 2.52 bits per heavy atom. The van der Waals surface area contributed by atoms with E-state index >= 15 is 0 Å². The standard InChI is InChI=1S/C20H23ClN2O4/c1-12-9-17(18(26-5)11-16(12)21)22-19(24)13(2)27-20(25)14-7-6-8-15(10-14)23(3)4/h6-11,13H,1-5H3,(H,22,24). The SMILES string of the molecule is COc1cc(Cl)c(C)cc1NC(=O)C(C)OC(=O)c1cccc(N(C)C)c1. The van der Waals surface area contributed by atoms with E-state index in [0.29, 0.717) is 22.0 Å². The van der Waals surface area contributed by atoms with Crippen LogP contribution >= 0.6 is 11.6 Å². The third kappa shape index (κ3) is 5.14. The second-order valence-corrected chi connectivity index (χ2v) is 6.69. The highest BCUT2D eigenvalue weighted by Crippen LogP contribution is 2.31. The Kier molecular flexibility index (Phi) is 6.69. The number of nitrogens with one attached hydrogen (secondary N) is 1. The van der Waals surface area contributed by atoms with E-state index in [-0.39, 0.29) is 0 Å². The van der Waals surface area contributed by atoms with E-state index in [2.05, 4.69) is 5.32 Å². The average Bonchev–Trinajstić information content (AvgIpc) is 2.64. The van der Waals surface area contributed by atoms with E-state index < -0.39 is 18.0 Å². The van der Waals surface area contributed by atoms with Crippen molar-refractivity contribution in [2.24, 2.45) is 0 Å². The minimum Gasteiger partial charge on any atom is -0.495 e. The maximum absolute atomic E-state index is 12.4. The lowest BCUT2D eigenvalue weighted by atomic mass is 10.2. The summed E-state index contributed by atoms with van der Waals surface area (Å²) in [5.41, 5.74) is 2.49. The van der Waals surface area contributed by atoms with Gasteiger partial charge in [0.2, 0.25) is 0 Å². The first-order chi connectivity index (χ1) is 12.7. The van der Waals surface area contributed by atoms with Crippen molar-refractivity contribution in [3.05, 3.63) is 52.5 Å². The first-order valence-electron chi connectivity index (χ1n) is 8.36. The second-order valence-electron chi connectivity index (χ2n) is 6.28. The van der Waals surface area contributed by atoms with Gasteiger partial charge in [-0.2, -0.15) is 0 Å². The maximum Gasteiger partial charge on any atom is 0.338 e. The van der Waals surface area contributed by atoms with Gasteiger partial charge in [-0.3, -0.25) is 4.79 Å². The van der Waals surface area contributed by atoms with Crippen LogP contribution in [0.15, 0.2) is 36.4 Å². The number of nitrogens with zero attached hydrogens (tertiary/aromatic N) is 1. The second kappa shape index (κ2) is 8.77. The van der Waals surface area contributed by atoms with Gasteiger partial charge in [-0.15, -0.1) is 0 Å². The van der Waals surface area contributed by atoms with E-state index in [1.54, 1.807) is 30.3 Å². The van der Waals surface area contributed by atoms with E-state index in [1.807, 2.05) is 32.0 Å². The number of rotatable bonds is 6. The molecule has 0 bridgehead atoms. The largest absolute Gasteiger partial charge is 0.495 e. The molecule has 0 aliphatic heterocycles. The molecule has 7 heteroatoms. The van der Waals surface area contributed by atoms with Gasteiger partial charge in [0.1, 0.15) is 5.75 Å². The Morgan fingerprint density at radius 1 is 1.19 bits per heavy atom. The highest BCUT2D eigenvalue weighted by molar-refractivity contribution is 6.31. The summed E-state index contributed by atoms with van der Waals surface area (Å²) < 4.78 is 10.5. The molecule has 0 heterocycles. The molecule has 0 aliphatic rings. The fourth-order valence-electron chi connectivity index (χ4n) is 2.36. The zero-order valence-electron chi connectivity index (χ0n) is 16.0. The van der Waals surface area contributed by atoms with Crippen molar-refractivity contribution in [2.75, 3.05) is 31.4 Å². The number of carbonyl (C=O) groups excluding carboxylic acids is 2. The summed E-state index contributed by atoms with van der Waals surface area (Å²) in [6, 6.07) is 10.3. The van der Waals surface area contributed by atoms with Gasteiger partial charge in [0.25, 0.3) is 5.91 Å². The highest BCUT2D eigenvalue weighted by Gasteiger charge is 2.21. The van der Waals surface area contributed by atoms with Crippen LogP contribution in [0, 0.1) is 6.92 Å². The molecule has 0 saturated carbocycles. The van der Waals surface area contributed by atoms with E-state index in [1.165, 1.54) is 14.0 Å². The first-order valence-corrected chi connectivity index (χ1v) is 8.74. The summed E-state index contributed by atoms with van der Waals surface area (Å²) in [5.74, 6) is -0.608. The number of hydrogen-bond donors (Lipinski definition) is 1. The van der Waals surface area contributed by atoms with Gasteiger partial charge >= 0.3 is 5.97 Å². The molecule has 1 atom stereocenters. The minimum atomic E-state index is -0.985. The van der Waals surface area contributed by atoms with E-state index in [4.69, 9.17) is 21.1 Å². The van der Waals surface area contributed by atoms with Gasteiger partial charge in [-0.1, -0.05) is 17.7 Å². The quantitative estimate of drug-likeness (QED) is 0.757. The number of esters is 1. The third-order valence-corrected chi connectivity index (χ3v) is 4.40. The lowest BCUT2D eigenvalue weighted by Gasteiger charge is -2.17. The van der Waals surface area contributed by atoms with E-state index in [0.717, 1.165) is 11.3 Å². The zero-order valence-corrected chi connectivity index (χ0v) is 16.8. The average molecular weight is 391 g/mol. The molecule has 1 unspecified atom stereocenters. The van der Waals surface area contributed by atoms with Crippen LogP contribution in [0.3, 0.4) is 0 Å². The van der Waals surface area contributed by atoms with E-state index in [9.17, 15) is 9.59 Å². The molecule has 0 aromatic heterocycles. The van der Waals surface area contributed by atoms with Gasteiger partial charge in [0.15, 0.2) is 6.10 Å². The molecule has 0 fully saturated rings. The molecule has 2 rings (SSSR count). The van der Waals surface area contributed by atoms with Crippen LogP contribution in [0.2, 0.25) is 5.02 Å². The van der Waals surface area contributed by atoms with Crippen LogP contribution in [-0.4, -0.2) is 39.2 Å². The fraction of sp³-hybridized carbons (Fsp3) is 0.300. The van der Waals surface area contributed by atoms with Crippen LogP contribution < -0.4 is 15.0 Å². The summed E-state index contributed by atoms with van der Waals surface area (Å²) in [4.78, 5) is 26.7. The number of halogens is 1. The smallest absolute Gasteiger partial charge is 0.338 e. The van der Waals surface area contributed by atoms with Crippen molar-refractivity contribution in [1.82, 2.24) is 0 Å². The summed E-state index contributed by atoms with van der Waals surface area (Å²) in [6.45, 7) is 3.33. The first kappa shape index (κ1) is 20.6. The molecule has 6 nitrogen and oxygen atoms in total. The molecule has 1 N–H and O–H groups in total. The van der Waals surface area contributed by atoms with Crippen molar-refractivity contribution in [2.45, 2.75) is 20.0 Å². The van der Waals surface area contributed by atoms with Gasteiger partial charge in [0.05, 0.1) is 18.4 Å². The summed E-state index contributed by atoms with van der Waals surface area (Å²) in [5, 5.41) is 3.24. The Bertz CT molecular complexity index is 852. The Hall–Kier alpha value is -2.73. The number of benzene rings is 2. The topological polar surface area (TPSA) is 67.9 Å². The van der Waals surface area contributed by atoms with Crippen molar-refractivity contribution < 1.29 is 19.1 Å². The van der Waals surface area contributed by atoms with Crippen molar-refractivity contribution in [3.8, 4) is 5.75 Å². The van der Waals surface area contributed by atoms with Gasteiger partial charge < -0.3 is 19.7 Å².